The van der Waals surface area contributed by atoms with Crippen LogP contribution in [0.2, 0.25) is 0 Å². The molecule has 9 aromatic carbocycles. The Balaban J connectivity index is 1.06. The van der Waals surface area contributed by atoms with Gasteiger partial charge in [-0.15, -0.1) is 0 Å². The fourth-order valence-electron chi connectivity index (χ4n) is 10.4. The van der Waals surface area contributed by atoms with Crippen LogP contribution in [0.1, 0.15) is 43.6 Å². The van der Waals surface area contributed by atoms with Crippen LogP contribution in [0.15, 0.2) is 205 Å². The molecule has 0 N–H and O–H groups in total. The molecule has 1 fully saturated rings. The van der Waals surface area contributed by atoms with Crippen LogP contribution >= 0.6 is 0 Å². The number of fused-ring (bicyclic) bond motifs is 7. The van der Waals surface area contributed by atoms with E-state index in [1.807, 2.05) is 6.07 Å². The van der Waals surface area contributed by atoms with Gasteiger partial charge < -0.3 is 13.9 Å². The second-order valence-corrected chi connectivity index (χ2v) is 16.7. The number of hydrogen-bond acceptors (Lipinski definition) is 2. The molecule has 2 heterocycles. The van der Waals surface area contributed by atoms with Gasteiger partial charge in [0.05, 0.1) is 16.7 Å². The molecule has 0 radical (unpaired) electrons. The number of hydrogen-bond donors (Lipinski definition) is 0. The lowest BCUT2D eigenvalue weighted by molar-refractivity contribution is 0.445. The van der Waals surface area contributed by atoms with Crippen molar-refractivity contribution in [1.29, 1.82) is 0 Å². The van der Waals surface area contributed by atoms with Crippen molar-refractivity contribution >= 4 is 71.6 Å². The zero-order valence-corrected chi connectivity index (χ0v) is 34.0. The van der Waals surface area contributed by atoms with E-state index in [0.29, 0.717) is 5.92 Å². The van der Waals surface area contributed by atoms with Crippen LogP contribution in [0, 0.1) is 0 Å². The van der Waals surface area contributed by atoms with Crippen molar-refractivity contribution < 1.29 is 4.42 Å². The van der Waals surface area contributed by atoms with E-state index < -0.39 is 0 Å². The third kappa shape index (κ3) is 6.03. The van der Waals surface area contributed by atoms with Crippen molar-refractivity contribution in [3.8, 4) is 27.9 Å². The van der Waals surface area contributed by atoms with Gasteiger partial charge in [-0.05, 0) is 112 Å². The minimum atomic E-state index is 0.576. The van der Waals surface area contributed by atoms with Crippen molar-refractivity contribution in [2.45, 2.75) is 38.0 Å². The lowest BCUT2D eigenvalue weighted by Gasteiger charge is -2.29. The van der Waals surface area contributed by atoms with Gasteiger partial charge in [0.1, 0.15) is 11.2 Å². The second-order valence-electron chi connectivity index (χ2n) is 16.7. The maximum atomic E-state index is 6.55. The van der Waals surface area contributed by atoms with Gasteiger partial charge in [-0.25, -0.2) is 0 Å². The molecule has 3 nitrogen and oxygen atoms in total. The second kappa shape index (κ2) is 14.7. The zero-order valence-electron chi connectivity index (χ0n) is 34.0. The molecule has 1 aliphatic rings. The largest absolute Gasteiger partial charge is 0.456 e. The number of aromatic nitrogens is 1. The van der Waals surface area contributed by atoms with E-state index in [2.05, 4.69) is 204 Å². The first-order chi connectivity index (χ1) is 30.3. The number of rotatable bonds is 7. The van der Waals surface area contributed by atoms with Crippen LogP contribution in [-0.4, -0.2) is 4.57 Å². The van der Waals surface area contributed by atoms with Gasteiger partial charge in [0.2, 0.25) is 0 Å². The van der Waals surface area contributed by atoms with Crippen molar-refractivity contribution in [1.82, 2.24) is 4.57 Å². The molecule has 0 unspecified atom stereocenters. The zero-order chi connectivity index (χ0) is 40.3. The van der Waals surface area contributed by atoms with E-state index in [0.717, 1.165) is 50.3 Å². The first kappa shape index (κ1) is 35.6. The Morgan fingerprint density at radius 2 is 1.11 bits per heavy atom. The molecule has 0 aliphatic heterocycles. The normalized spacial score (nSPS) is 13.5. The Morgan fingerprint density at radius 1 is 0.443 bits per heavy atom. The van der Waals surface area contributed by atoms with E-state index in [4.69, 9.17) is 4.42 Å². The van der Waals surface area contributed by atoms with Crippen molar-refractivity contribution in [3.05, 3.63) is 206 Å². The van der Waals surface area contributed by atoms with Crippen LogP contribution in [0.25, 0.3) is 82.5 Å². The minimum Gasteiger partial charge on any atom is -0.456 e. The maximum Gasteiger partial charge on any atom is 0.137 e. The highest BCUT2D eigenvalue weighted by Gasteiger charge is 2.24. The van der Waals surface area contributed by atoms with E-state index in [1.54, 1.807) is 0 Å². The molecule has 0 amide bonds. The minimum absolute atomic E-state index is 0.576. The first-order valence-electron chi connectivity index (χ1n) is 21.8. The molecular weight excluding hydrogens is 741 g/mol. The maximum absolute atomic E-state index is 6.55. The molecule has 0 bridgehead atoms. The number of furan rings is 1. The molecule has 1 saturated carbocycles. The molecule has 12 rings (SSSR count). The first-order valence-corrected chi connectivity index (χ1v) is 21.8. The molecule has 11 aromatic rings. The Kier molecular flexibility index (Phi) is 8.59. The van der Waals surface area contributed by atoms with Crippen LogP contribution in [0.5, 0.6) is 0 Å². The fourth-order valence-corrected chi connectivity index (χ4v) is 10.4. The predicted octanol–water partition coefficient (Wildman–Crippen LogP) is 16.7. The average Bonchev–Trinajstić information content (AvgIpc) is 3.87. The molecule has 61 heavy (non-hydrogen) atoms. The van der Waals surface area contributed by atoms with Gasteiger partial charge >= 0.3 is 0 Å². The summed E-state index contributed by atoms with van der Waals surface area (Å²) in [5.74, 6) is 0.576. The topological polar surface area (TPSA) is 21.3 Å². The summed E-state index contributed by atoms with van der Waals surface area (Å²) < 4.78 is 8.95. The molecule has 0 atom stereocenters. The summed E-state index contributed by atoms with van der Waals surface area (Å²) >= 11 is 0. The van der Waals surface area contributed by atoms with Gasteiger partial charge in [0, 0.05) is 50.2 Å². The summed E-state index contributed by atoms with van der Waals surface area (Å²) in [6.07, 6.45) is 6.45. The molecule has 2 aromatic heterocycles. The summed E-state index contributed by atoms with van der Waals surface area (Å²) in [4.78, 5) is 2.44. The summed E-state index contributed by atoms with van der Waals surface area (Å²) in [6.45, 7) is 0. The lowest BCUT2D eigenvalue weighted by Crippen LogP contribution is -2.11. The predicted molar refractivity (Wildman–Crippen MR) is 257 cm³/mol. The Bertz CT molecular complexity index is 3420. The Hall–Kier alpha value is -7.36. The summed E-state index contributed by atoms with van der Waals surface area (Å²) in [7, 11) is 0. The Labute approximate surface area is 355 Å². The summed E-state index contributed by atoms with van der Waals surface area (Å²) in [6, 6.07) is 73.3. The van der Waals surface area contributed by atoms with Crippen molar-refractivity contribution in [3.63, 3.8) is 0 Å². The SMILES string of the molecule is c1ccc(-n2c3ccccc3c3ccc(-c4cccc(N(c5ccc6c(c5)oc5ccccc56)c5ccccc5-c5cccc6cccc(C7CCCCC7)c56)c4)cc32)cc1. The fraction of sp³-hybridized carbons (Fsp3) is 0.103. The highest BCUT2D eigenvalue weighted by Crippen LogP contribution is 2.47. The average molecular weight is 785 g/mol. The number of nitrogens with zero attached hydrogens (tertiary/aromatic N) is 2. The van der Waals surface area contributed by atoms with Gasteiger partial charge in [0.15, 0.2) is 0 Å². The monoisotopic (exact) mass is 784 g/mol. The van der Waals surface area contributed by atoms with E-state index in [9.17, 15) is 0 Å². The third-order valence-corrected chi connectivity index (χ3v) is 13.2. The summed E-state index contributed by atoms with van der Waals surface area (Å²) in [5.41, 5.74) is 14.9. The molecule has 0 saturated heterocycles. The smallest absolute Gasteiger partial charge is 0.137 e. The quantitative estimate of drug-likeness (QED) is 0.161. The van der Waals surface area contributed by atoms with Gasteiger partial charge in [-0.1, -0.05) is 153 Å². The van der Waals surface area contributed by atoms with Gasteiger partial charge in [0.25, 0.3) is 0 Å². The highest BCUT2D eigenvalue weighted by molar-refractivity contribution is 6.11. The van der Waals surface area contributed by atoms with Gasteiger partial charge in [-0.3, -0.25) is 0 Å². The van der Waals surface area contributed by atoms with Crippen molar-refractivity contribution in [2.75, 3.05) is 4.90 Å². The highest BCUT2D eigenvalue weighted by atomic mass is 16.3. The number of para-hydroxylation sites is 4. The van der Waals surface area contributed by atoms with Crippen LogP contribution in [0.3, 0.4) is 0 Å². The molecule has 1 aliphatic carbocycles. The molecule has 3 heteroatoms. The van der Waals surface area contributed by atoms with E-state index in [-0.39, 0.29) is 0 Å². The number of benzene rings is 9. The summed E-state index contributed by atoms with van der Waals surface area (Å²) in [5, 5.41) is 7.44. The standard InChI is InChI=1S/C58H44N2O/c1-3-16-39(17-4-1)46-27-14-18-40-19-15-28-52(58(40)46)48-25-8-10-29-53(48)59(45-33-35-51-50-26-9-12-31-56(50)61-57(51)38-45)44-23-13-20-41(36-44)42-32-34-49-47-24-7-11-30-54(47)60(55(49)37-42)43-21-5-2-6-22-43/h2,5-15,18-39H,1,3-4,16-17H2. The number of anilines is 3. The van der Waals surface area contributed by atoms with E-state index in [1.165, 1.54) is 86.9 Å². The van der Waals surface area contributed by atoms with Crippen LogP contribution < -0.4 is 4.90 Å². The lowest BCUT2D eigenvalue weighted by atomic mass is 9.80. The molecular formula is C58H44N2O. The van der Waals surface area contributed by atoms with Crippen LogP contribution in [0.4, 0.5) is 17.1 Å². The van der Waals surface area contributed by atoms with Crippen LogP contribution in [-0.2, 0) is 0 Å². The van der Waals surface area contributed by atoms with Crippen molar-refractivity contribution in [2.24, 2.45) is 0 Å². The molecule has 292 valence electrons. The van der Waals surface area contributed by atoms with Gasteiger partial charge in [-0.2, -0.15) is 0 Å². The van der Waals surface area contributed by atoms with E-state index >= 15 is 0 Å². The molecule has 0 spiro atoms. The Morgan fingerprint density at radius 3 is 2.02 bits per heavy atom. The third-order valence-electron chi connectivity index (χ3n) is 13.2.